The molecule has 2 aromatic carbocycles. The molecule has 0 saturated heterocycles. The molecule has 0 saturated carbocycles. The predicted molar refractivity (Wildman–Crippen MR) is 111 cm³/mol. The zero-order valence-corrected chi connectivity index (χ0v) is 16.7. The first-order valence-corrected chi connectivity index (χ1v) is 9.37. The van der Waals surface area contributed by atoms with Crippen molar-refractivity contribution in [1.29, 1.82) is 0 Å². The summed E-state index contributed by atoms with van der Waals surface area (Å²) in [6.07, 6.45) is 1.62. The Balaban J connectivity index is 1.63. The Morgan fingerprint density at radius 2 is 1.86 bits per heavy atom. The average molecular weight is 408 g/mol. The van der Waals surface area contributed by atoms with E-state index >= 15 is 0 Å². The van der Waals surface area contributed by atoms with Crippen molar-refractivity contribution in [3.63, 3.8) is 0 Å². The van der Waals surface area contributed by atoms with Gasteiger partial charge in [0.2, 0.25) is 5.90 Å². The number of rotatable bonds is 5. The molecule has 7 heteroatoms. The third-order valence-electron chi connectivity index (χ3n) is 4.52. The van der Waals surface area contributed by atoms with Crippen LogP contribution in [0.15, 0.2) is 65.3 Å². The first kappa shape index (κ1) is 19.0. The van der Waals surface area contributed by atoms with Crippen molar-refractivity contribution >= 4 is 29.5 Å². The minimum absolute atomic E-state index is 0.181. The van der Waals surface area contributed by atoms with Crippen LogP contribution in [0.25, 0.3) is 6.08 Å². The fourth-order valence-electron chi connectivity index (χ4n) is 3.00. The van der Waals surface area contributed by atoms with Gasteiger partial charge in [-0.1, -0.05) is 41.9 Å². The van der Waals surface area contributed by atoms with Gasteiger partial charge >= 0.3 is 5.97 Å². The van der Waals surface area contributed by atoms with Gasteiger partial charge in [-0.2, -0.15) is 5.10 Å². The van der Waals surface area contributed by atoms with Crippen LogP contribution in [0.4, 0.5) is 0 Å². The number of carbonyl (C=O) groups is 1. The maximum atomic E-state index is 12.3. The standard InChI is InChI=1S/C22H18ClN3O3/c1-14-18(20(23)26(25-14)13-15-6-4-3-5-7-15)12-19-22(27)29-21(24-19)16-8-10-17(28-2)11-9-16/h3-12H,13H2,1-2H3/b19-12+. The van der Waals surface area contributed by atoms with Crippen LogP contribution >= 0.6 is 11.6 Å². The lowest BCUT2D eigenvalue weighted by atomic mass is 10.2. The Morgan fingerprint density at radius 1 is 1.14 bits per heavy atom. The second kappa shape index (κ2) is 7.93. The summed E-state index contributed by atoms with van der Waals surface area (Å²) in [6, 6.07) is 17.0. The van der Waals surface area contributed by atoms with E-state index in [0.29, 0.717) is 34.3 Å². The molecular weight excluding hydrogens is 390 g/mol. The summed E-state index contributed by atoms with van der Waals surface area (Å²) in [5.41, 5.74) is 3.30. The quantitative estimate of drug-likeness (QED) is 0.468. The number of aromatic nitrogens is 2. The number of aliphatic imine (C=N–C) groups is 1. The maximum Gasteiger partial charge on any atom is 0.363 e. The summed E-state index contributed by atoms with van der Waals surface area (Å²) >= 11 is 6.53. The lowest BCUT2D eigenvalue weighted by Crippen LogP contribution is -2.05. The van der Waals surface area contributed by atoms with Gasteiger partial charge in [0.1, 0.15) is 10.9 Å². The molecule has 6 nitrogen and oxygen atoms in total. The van der Waals surface area contributed by atoms with E-state index in [9.17, 15) is 4.79 Å². The summed E-state index contributed by atoms with van der Waals surface area (Å²) in [6.45, 7) is 2.38. The van der Waals surface area contributed by atoms with Crippen molar-refractivity contribution < 1.29 is 14.3 Å². The van der Waals surface area contributed by atoms with E-state index in [1.807, 2.05) is 37.3 Å². The van der Waals surface area contributed by atoms with E-state index in [1.165, 1.54) is 0 Å². The number of nitrogens with zero attached hydrogens (tertiary/aromatic N) is 3. The number of halogens is 1. The highest BCUT2D eigenvalue weighted by Gasteiger charge is 2.25. The van der Waals surface area contributed by atoms with Gasteiger partial charge in [-0.25, -0.2) is 14.5 Å². The van der Waals surface area contributed by atoms with Crippen LogP contribution in [-0.4, -0.2) is 28.8 Å². The van der Waals surface area contributed by atoms with Gasteiger partial charge in [0.15, 0.2) is 5.70 Å². The SMILES string of the molecule is COc1ccc(C2=N/C(=C/c3c(C)nn(Cc4ccccc4)c3Cl)C(=O)O2)cc1. The second-order valence-corrected chi connectivity index (χ2v) is 6.86. The van der Waals surface area contributed by atoms with Crippen LogP contribution in [0.2, 0.25) is 5.15 Å². The largest absolute Gasteiger partial charge is 0.497 e. The zero-order valence-electron chi connectivity index (χ0n) is 15.9. The summed E-state index contributed by atoms with van der Waals surface area (Å²) in [7, 11) is 1.59. The van der Waals surface area contributed by atoms with E-state index in [2.05, 4.69) is 10.1 Å². The van der Waals surface area contributed by atoms with Crippen molar-refractivity contribution in [2.75, 3.05) is 7.11 Å². The van der Waals surface area contributed by atoms with Gasteiger partial charge in [0.25, 0.3) is 0 Å². The molecule has 0 bridgehead atoms. The Kier molecular flexibility index (Phi) is 5.18. The summed E-state index contributed by atoms with van der Waals surface area (Å²) in [4.78, 5) is 16.6. The van der Waals surface area contributed by atoms with Crippen molar-refractivity contribution in [2.45, 2.75) is 13.5 Å². The van der Waals surface area contributed by atoms with Gasteiger partial charge in [-0.3, -0.25) is 0 Å². The molecule has 0 atom stereocenters. The Morgan fingerprint density at radius 3 is 2.55 bits per heavy atom. The number of carbonyl (C=O) groups excluding carboxylic acids is 1. The lowest BCUT2D eigenvalue weighted by molar-refractivity contribution is -0.129. The number of aryl methyl sites for hydroxylation is 1. The first-order valence-electron chi connectivity index (χ1n) is 8.99. The van der Waals surface area contributed by atoms with Gasteiger partial charge < -0.3 is 9.47 Å². The van der Waals surface area contributed by atoms with Crippen molar-refractivity contribution in [1.82, 2.24) is 9.78 Å². The molecule has 2 heterocycles. The highest BCUT2D eigenvalue weighted by atomic mass is 35.5. The number of cyclic esters (lactones) is 1. The first-order chi connectivity index (χ1) is 14.0. The molecule has 0 fully saturated rings. The molecule has 0 spiro atoms. The van der Waals surface area contributed by atoms with Crippen LogP contribution < -0.4 is 4.74 Å². The Labute approximate surface area is 173 Å². The van der Waals surface area contributed by atoms with Gasteiger partial charge in [-0.15, -0.1) is 0 Å². The molecule has 0 amide bonds. The summed E-state index contributed by atoms with van der Waals surface area (Å²) in [5.74, 6) is 0.430. The highest BCUT2D eigenvalue weighted by Crippen LogP contribution is 2.26. The zero-order chi connectivity index (χ0) is 20.4. The molecule has 1 aliphatic heterocycles. The Bertz CT molecular complexity index is 1120. The highest BCUT2D eigenvalue weighted by molar-refractivity contribution is 6.31. The van der Waals surface area contributed by atoms with Gasteiger partial charge in [0, 0.05) is 11.1 Å². The fourth-order valence-corrected chi connectivity index (χ4v) is 3.28. The number of hydrogen-bond acceptors (Lipinski definition) is 5. The minimum Gasteiger partial charge on any atom is -0.497 e. The molecule has 4 rings (SSSR count). The summed E-state index contributed by atoms with van der Waals surface area (Å²) < 4.78 is 12.2. The molecule has 1 aliphatic rings. The average Bonchev–Trinajstić information content (AvgIpc) is 3.23. The normalized spacial score (nSPS) is 14.8. The molecule has 0 N–H and O–H groups in total. The van der Waals surface area contributed by atoms with E-state index in [0.717, 1.165) is 5.56 Å². The molecule has 0 unspecified atom stereocenters. The van der Waals surface area contributed by atoms with E-state index in [4.69, 9.17) is 21.1 Å². The minimum atomic E-state index is -0.526. The fraction of sp³-hybridized carbons (Fsp3) is 0.136. The third-order valence-corrected chi connectivity index (χ3v) is 4.92. The predicted octanol–water partition coefficient (Wildman–Crippen LogP) is 4.25. The molecule has 3 aromatic rings. The van der Waals surface area contributed by atoms with Crippen LogP contribution in [0.1, 0.15) is 22.4 Å². The molecule has 29 heavy (non-hydrogen) atoms. The van der Waals surface area contributed by atoms with Gasteiger partial charge in [-0.05, 0) is 42.8 Å². The van der Waals surface area contributed by atoms with Crippen LogP contribution in [-0.2, 0) is 16.1 Å². The number of hydrogen-bond donors (Lipinski definition) is 0. The van der Waals surface area contributed by atoms with Gasteiger partial charge in [0.05, 0.1) is 19.3 Å². The van der Waals surface area contributed by atoms with E-state index < -0.39 is 5.97 Å². The number of ether oxygens (including phenoxy) is 2. The maximum absolute atomic E-state index is 12.3. The van der Waals surface area contributed by atoms with Crippen LogP contribution in [0.3, 0.4) is 0 Å². The van der Waals surface area contributed by atoms with Crippen molar-refractivity contribution in [3.05, 3.63) is 87.8 Å². The topological polar surface area (TPSA) is 65.7 Å². The van der Waals surface area contributed by atoms with Crippen LogP contribution in [0, 0.1) is 6.92 Å². The molecular formula is C22H18ClN3O3. The van der Waals surface area contributed by atoms with E-state index in [-0.39, 0.29) is 11.6 Å². The number of methoxy groups -OCH3 is 1. The van der Waals surface area contributed by atoms with Crippen LogP contribution in [0.5, 0.6) is 5.75 Å². The molecule has 0 aliphatic carbocycles. The third kappa shape index (κ3) is 3.93. The lowest BCUT2D eigenvalue weighted by Gasteiger charge is -2.03. The van der Waals surface area contributed by atoms with E-state index in [1.54, 1.807) is 42.1 Å². The molecule has 0 radical (unpaired) electrons. The monoisotopic (exact) mass is 407 g/mol. The molecule has 146 valence electrons. The number of benzene rings is 2. The molecule has 1 aromatic heterocycles. The second-order valence-electron chi connectivity index (χ2n) is 6.50. The smallest absolute Gasteiger partial charge is 0.363 e. The Hall–Kier alpha value is -3.38. The van der Waals surface area contributed by atoms with Crippen molar-refractivity contribution in [3.8, 4) is 5.75 Å². The number of esters is 1. The van der Waals surface area contributed by atoms with Crippen molar-refractivity contribution in [2.24, 2.45) is 4.99 Å². The summed E-state index contributed by atoms with van der Waals surface area (Å²) in [5, 5.41) is 4.94.